The van der Waals surface area contributed by atoms with E-state index < -0.39 is 11.7 Å². The number of fused-ring (bicyclic) bond motifs is 1. The van der Waals surface area contributed by atoms with E-state index in [0.29, 0.717) is 5.69 Å². The number of nitrogens with zero attached hydrogens (tertiary/aromatic N) is 1. The number of halogens is 1. The number of H-pyrrole nitrogens is 1. The van der Waals surface area contributed by atoms with Crippen LogP contribution in [-0.4, -0.2) is 16.1 Å². The number of hydrogen-bond acceptors (Lipinski definition) is 2. The summed E-state index contributed by atoms with van der Waals surface area (Å²) in [7, 11) is 0. The minimum Gasteiger partial charge on any atom is -0.322 e. The molecule has 0 aliphatic heterocycles. The van der Waals surface area contributed by atoms with E-state index in [2.05, 4.69) is 34.6 Å². The lowest BCUT2D eigenvalue weighted by Crippen LogP contribution is -2.13. The number of carbonyl (C=O) groups is 1. The monoisotopic (exact) mass is 345 g/mol. The quantitative estimate of drug-likeness (QED) is 0.553. The van der Waals surface area contributed by atoms with Gasteiger partial charge in [-0.1, -0.05) is 24.3 Å². The average Bonchev–Trinajstić information content (AvgIpc) is 3.09. The number of hydrogen-bond donors (Lipinski definition) is 2. The predicted octanol–water partition coefficient (Wildman–Crippen LogP) is 4.93. The van der Waals surface area contributed by atoms with Crippen LogP contribution < -0.4 is 5.32 Å². The van der Waals surface area contributed by atoms with Gasteiger partial charge in [0.05, 0.1) is 17.3 Å². The third kappa shape index (κ3) is 2.95. The lowest BCUT2D eigenvalue weighted by atomic mass is 9.99. The molecule has 4 nitrogen and oxygen atoms in total. The zero-order valence-corrected chi connectivity index (χ0v) is 14.1. The molecule has 0 spiro atoms. The molecule has 0 radical (unpaired) electrons. The number of aromatic nitrogens is 2. The zero-order valence-electron chi connectivity index (χ0n) is 14.1. The molecule has 0 aliphatic carbocycles. The Hall–Kier alpha value is -3.47. The molecule has 0 saturated carbocycles. The number of benzene rings is 3. The average molecular weight is 345 g/mol. The fraction of sp³-hybridized carbons (Fsp3) is 0.0476. The second-order valence-corrected chi connectivity index (χ2v) is 6.14. The summed E-state index contributed by atoms with van der Waals surface area (Å²) in [5.74, 6) is -1.00. The Morgan fingerprint density at radius 1 is 1.08 bits per heavy atom. The SMILES string of the molecule is Cc1cc2cn[nH]c2cc1-c1ccc(NC(=O)c2ccccc2F)cc1. The number of nitrogens with one attached hydrogen (secondary N) is 2. The Bertz CT molecular complexity index is 1100. The van der Waals surface area contributed by atoms with E-state index in [-0.39, 0.29) is 5.56 Å². The highest BCUT2D eigenvalue weighted by atomic mass is 19.1. The molecule has 0 atom stereocenters. The number of aromatic amines is 1. The van der Waals surface area contributed by atoms with Crippen LogP contribution in [0.15, 0.2) is 66.9 Å². The maximum Gasteiger partial charge on any atom is 0.258 e. The maximum absolute atomic E-state index is 13.7. The van der Waals surface area contributed by atoms with E-state index in [1.807, 2.05) is 24.3 Å². The van der Waals surface area contributed by atoms with Crippen molar-refractivity contribution in [2.45, 2.75) is 6.92 Å². The van der Waals surface area contributed by atoms with Crippen molar-refractivity contribution in [1.29, 1.82) is 0 Å². The van der Waals surface area contributed by atoms with Crippen LogP contribution in [0.4, 0.5) is 10.1 Å². The summed E-state index contributed by atoms with van der Waals surface area (Å²) < 4.78 is 13.7. The van der Waals surface area contributed by atoms with Crippen molar-refractivity contribution in [3.05, 3.63) is 83.8 Å². The van der Waals surface area contributed by atoms with Crippen molar-refractivity contribution in [3.63, 3.8) is 0 Å². The van der Waals surface area contributed by atoms with Gasteiger partial charge >= 0.3 is 0 Å². The molecular formula is C21H16FN3O. The largest absolute Gasteiger partial charge is 0.322 e. The summed E-state index contributed by atoms with van der Waals surface area (Å²) >= 11 is 0. The summed E-state index contributed by atoms with van der Waals surface area (Å²) in [5, 5.41) is 10.8. The fourth-order valence-corrected chi connectivity index (χ4v) is 2.99. The summed E-state index contributed by atoms with van der Waals surface area (Å²) in [5.41, 5.74) is 4.88. The van der Waals surface area contributed by atoms with Crippen molar-refractivity contribution < 1.29 is 9.18 Å². The first kappa shape index (κ1) is 16.0. The van der Waals surface area contributed by atoms with Crippen LogP contribution in [-0.2, 0) is 0 Å². The van der Waals surface area contributed by atoms with Gasteiger partial charge in [-0.3, -0.25) is 9.89 Å². The van der Waals surface area contributed by atoms with E-state index >= 15 is 0 Å². The number of anilines is 1. The van der Waals surface area contributed by atoms with Crippen LogP contribution in [0.25, 0.3) is 22.0 Å². The molecule has 3 aromatic carbocycles. The van der Waals surface area contributed by atoms with Gasteiger partial charge in [0.1, 0.15) is 5.82 Å². The van der Waals surface area contributed by atoms with Crippen molar-refractivity contribution in [1.82, 2.24) is 10.2 Å². The van der Waals surface area contributed by atoms with Crippen molar-refractivity contribution >= 4 is 22.5 Å². The van der Waals surface area contributed by atoms with Crippen LogP contribution in [0.5, 0.6) is 0 Å². The first-order valence-electron chi connectivity index (χ1n) is 8.22. The molecule has 0 fully saturated rings. The van der Waals surface area contributed by atoms with Gasteiger partial charge in [-0.2, -0.15) is 5.10 Å². The molecule has 1 heterocycles. The fourth-order valence-electron chi connectivity index (χ4n) is 2.99. The van der Waals surface area contributed by atoms with Crippen molar-refractivity contribution in [3.8, 4) is 11.1 Å². The normalized spacial score (nSPS) is 10.8. The van der Waals surface area contributed by atoms with Gasteiger partial charge in [-0.05, 0) is 60.0 Å². The molecule has 26 heavy (non-hydrogen) atoms. The second-order valence-electron chi connectivity index (χ2n) is 6.14. The maximum atomic E-state index is 13.7. The molecule has 4 rings (SSSR count). The van der Waals surface area contributed by atoms with Gasteiger partial charge in [-0.15, -0.1) is 0 Å². The third-order valence-corrected chi connectivity index (χ3v) is 4.36. The Morgan fingerprint density at radius 3 is 2.62 bits per heavy atom. The molecule has 0 saturated heterocycles. The van der Waals surface area contributed by atoms with E-state index in [1.165, 1.54) is 12.1 Å². The molecule has 5 heteroatoms. The van der Waals surface area contributed by atoms with E-state index in [0.717, 1.165) is 27.6 Å². The van der Waals surface area contributed by atoms with Crippen LogP contribution in [0, 0.1) is 12.7 Å². The van der Waals surface area contributed by atoms with Gasteiger partial charge in [0.25, 0.3) is 5.91 Å². The number of carbonyl (C=O) groups excluding carboxylic acids is 1. The van der Waals surface area contributed by atoms with Gasteiger partial charge < -0.3 is 5.32 Å². The topological polar surface area (TPSA) is 57.8 Å². The number of amides is 1. The summed E-state index contributed by atoms with van der Waals surface area (Å²) in [4.78, 5) is 12.2. The lowest BCUT2D eigenvalue weighted by molar-refractivity contribution is 0.102. The van der Waals surface area contributed by atoms with E-state index in [1.54, 1.807) is 18.3 Å². The highest BCUT2D eigenvalue weighted by molar-refractivity contribution is 6.04. The summed E-state index contributed by atoms with van der Waals surface area (Å²) in [6.07, 6.45) is 1.80. The van der Waals surface area contributed by atoms with Gasteiger partial charge in [0.2, 0.25) is 0 Å². The van der Waals surface area contributed by atoms with Crippen LogP contribution in [0.3, 0.4) is 0 Å². The minimum atomic E-state index is -0.537. The lowest BCUT2D eigenvalue weighted by Gasteiger charge is -2.09. The third-order valence-electron chi connectivity index (χ3n) is 4.36. The Morgan fingerprint density at radius 2 is 1.85 bits per heavy atom. The Labute approximate surface area is 149 Å². The first-order chi connectivity index (χ1) is 12.6. The molecule has 1 amide bonds. The Balaban J connectivity index is 1.59. The summed E-state index contributed by atoms with van der Waals surface area (Å²) in [6, 6.07) is 17.6. The standard InChI is InChI=1S/C21H16FN3O/c1-13-10-15-12-23-25-20(15)11-18(13)14-6-8-16(9-7-14)24-21(26)17-4-2-3-5-19(17)22/h2-12H,1H3,(H,23,25)(H,24,26). The van der Waals surface area contributed by atoms with Gasteiger partial charge in [0.15, 0.2) is 0 Å². The molecular weight excluding hydrogens is 329 g/mol. The highest BCUT2D eigenvalue weighted by Gasteiger charge is 2.11. The smallest absolute Gasteiger partial charge is 0.258 e. The van der Waals surface area contributed by atoms with E-state index in [4.69, 9.17) is 0 Å². The summed E-state index contributed by atoms with van der Waals surface area (Å²) in [6.45, 7) is 2.05. The zero-order chi connectivity index (χ0) is 18.1. The second kappa shape index (κ2) is 6.44. The minimum absolute atomic E-state index is 0.0251. The van der Waals surface area contributed by atoms with Crippen molar-refractivity contribution in [2.75, 3.05) is 5.32 Å². The molecule has 1 aromatic heterocycles. The Kier molecular flexibility index (Phi) is 3.97. The van der Waals surface area contributed by atoms with Crippen molar-refractivity contribution in [2.24, 2.45) is 0 Å². The highest BCUT2D eigenvalue weighted by Crippen LogP contribution is 2.28. The van der Waals surface area contributed by atoms with Gasteiger partial charge in [-0.25, -0.2) is 4.39 Å². The molecule has 0 unspecified atom stereocenters. The molecule has 2 N–H and O–H groups in total. The van der Waals surface area contributed by atoms with E-state index in [9.17, 15) is 9.18 Å². The van der Waals surface area contributed by atoms with Crippen LogP contribution in [0.1, 0.15) is 15.9 Å². The molecule has 0 bridgehead atoms. The predicted molar refractivity (Wildman–Crippen MR) is 101 cm³/mol. The number of rotatable bonds is 3. The van der Waals surface area contributed by atoms with Crippen LogP contribution >= 0.6 is 0 Å². The molecule has 4 aromatic rings. The van der Waals surface area contributed by atoms with Gasteiger partial charge in [0, 0.05) is 11.1 Å². The molecule has 128 valence electrons. The first-order valence-corrected chi connectivity index (χ1v) is 8.22. The number of aryl methyl sites for hydroxylation is 1. The van der Waals surface area contributed by atoms with Crippen LogP contribution in [0.2, 0.25) is 0 Å². The molecule has 0 aliphatic rings.